The van der Waals surface area contributed by atoms with E-state index < -0.39 is 5.97 Å². The highest BCUT2D eigenvalue weighted by atomic mass is 35.5. The highest BCUT2D eigenvalue weighted by Crippen LogP contribution is 2.29. The van der Waals surface area contributed by atoms with Crippen LogP contribution in [0.2, 0.25) is 5.02 Å². The van der Waals surface area contributed by atoms with Gasteiger partial charge in [0.05, 0.1) is 19.2 Å². The fourth-order valence-electron chi connectivity index (χ4n) is 1.20. The van der Waals surface area contributed by atoms with Gasteiger partial charge in [-0.15, -0.1) is 0 Å². The minimum absolute atomic E-state index is 0.123. The Morgan fingerprint density at radius 1 is 1.47 bits per heavy atom. The highest BCUT2D eigenvalue weighted by Gasteiger charge is 2.11. The van der Waals surface area contributed by atoms with Crippen LogP contribution < -0.4 is 4.74 Å². The molecule has 0 bridgehead atoms. The Hall–Kier alpha value is -1.99. The number of hydrogen-bond acceptors (Lipinski definition) is 4. The number of halogens is 1. The van der Waals surface area contributed by atoms with Gasteiger partial charge in [-0.05, 0) is 17.7 Å². The summed E-state index contributed by atoms with van der Waals surface area (Å²) in [6.07, 6.45) is 1.36. The first kappa shape index (κ1) is 13.1. The third-order valence-corrected chi connectivity index (χ3v) is 2.44. The van der Waals surface area contributed by atoms with E-state index in [0.717, 1.165) is 0 Å². The number of carbonyl (C=O) groups is 1. The molecule has 0 aromatic heterocycles. The van der Waals surface area contributed by atoms with E-state index in [1.54, 1.807) is 24.3 Å². The van der Waals surface area contributed by atoms with Crippen molar-refractivity contribution in [1.29, 1.82) is 5.26 Å². The van der Waals surface area contributed by atoms with Crippen LogP contribution in [0.3, 0.4) is 0 Å². The smallest absolute Gasteiger partial charge is 0.348 e. The lowest BCUT2D eigenvalue weighted by molar-refractivity contribution is -0.135. The molecular weight excluding hydrogens is 242 g/mol. The van der Waals surface area contributed by atoms with Crippen molar-refractivity contribution >= 4 is 23.6 Å². The summed E-state index contributed by atoms with van der Waals surface area (Å²) in [4.78, 5) is 11.2. The second kappa shape index (κ2) is 5.92. The van der Waals surface area contributed by atoms with Gasteiger partial charge in [-0.25, -0.2) is 4.79 Å². The van der Waals surface area contributed by atoms with Gasteiger partial charge in [-0.3, -0.25) is 0 Å². The Morgan fingerprint density at radius 2 is 2.18 bits per heavy atom. The third-order valence-electron chi connectivity index (χ3n) is 2.04. The van der Waals surface area contributed by atoms with Gasteiger partial charge < -0.3 is 9.47 Å². The molecule has 0 aliphatic rings. The number of esters is 1. The third kappa shape index (κ3) is 2.99. The predicted molar refractivity (Wildman–Crippen MR) is 63.6 cm³/mol. The van der Waals surface area contributed by atoms with E-state index >= 15 is 0 Å². The van der Waals surface area contributed by atoms with Crippen molar-refractivity contribution < 1.29 is 14.3 Å². The lowest BCUT2D eigenvalue weighted by Crippen LogP contribution is -2.02. The van der Waals surface area contributed by atoms with Gasteiger partial charge in [-0.2, -0.15) is 5.26 Å². The van der Waals surface area contributed by atoms with Gasteiger partial charge in [0.15, 0.2) is 0 Å². The fourth-order valence-corrected chi connectivity index (χ4v) is 1.46. The monoisotopic (exact) mass is 251 g/mol. The Labute approximate surface area is 104 Å². The van der Waals surface area contributed by atoms with Gasteiger partial charge in [0.25, 0.3) is 0 Å². The molecule has 0 saturated carbocycles. The molecule has 4 nitrogen and oxygen atoms in total. The molecule has 1 aromatic rings. The largest absolute Gasteiger partial charge is 0.495 e. The number of benzene rings is 1. The molecule has 88 valence electrons. The number of methoxy groups -OCH3 is 2. The Morgan fingerprint density at radius 3 is 2.71 bits per heavy atom. The lowest BCUT2D eigenvalue weighted by atomic mass is 10.1. The summed E-state index contributed by atoms with van der Waals surface area (Å²) < 4.78 is 9.50. The maximum absolute atomic E-state index is 11.2. The summed E-state index contributed by atoms with van der Waals surface area (Å²) in [5, 5.41) is 9.15. The van der Waals surface area contributed by atoms with E-state index in [9.17, 15) is 4.79 Å². The van der Waals surface area contributed by atoms with Crippen LogP contribution in [0.25, 0.3) is 6.08 Å². The molecule has 0 heterocycles. The summed E-state index contributed by atoms with van der Waals surface area (Å²) in [6, 6.07) is 6.82. The van der Waals surface area contributed by atoms with Crippen molar-refractivity contribution in [3.05, 3.63) is 34.4 Å². The molecule has 0 aliphatic heterocycles. The molecule has 0 radical (unpaired) electrons. The molecule has 17 heavy (non-hydrogen) atoms. The van der Waals surface area contributed by atoms with Gasteiger partial charge in [-0.1, -0.05) is 23.7 Å². The SMILES string of the molecule is COC(=O)/C(C#N)=C/c1cccc(OC)c1Cl. The average molecular weight is 252 g/mol. The lowest BCUT2D eigenvalue weighted by Gasteiger charge is -2.05. The van der Waals surface area contributed by atoms with Crippen molar-refractivity contribution in [2.75, 3.05) is 14.2 Å². The molecule has 0 amide bonds. The van der Waals surface area contributed by atoms with Gasteiger partial charge in [0.2, 0.25) is 0 Å². The molecule has 0 N–H and O–H groups in total. The number of hydrogen-bond donors (Lipinski definition) is 0. The molecule has 1 aromatic carbocycles. The van der Waals surface area contributed by atoms with Crippen molar-refractivity contribution in [2.45, 2.75) is 0 Å². The van der Waals surface area contributed by atoms with E-state index in [1.165, 1.54) is 20.3 Å². The van der Waals surface area contributed by atoms with Crippen LogP contribution in [0, 0.1) is 11.3 Å². The minimum Gasteiger partial charge on any atom is -0.495 e. The zero-order chi connectivity index (χ0) is 12.8. The second-order valence-corrected chi connectivity index (χ2v) is 3.40. The topological polar surface area (TPSA) is 59.3 Å². The molecule has 0 unspecified atom stereocenters. The van der Waals surface area contributed by atoms with Gasteiger partial charge in [0, 0.05) is 0 Å². The van der Waals surface area contributed by atoms with E-state index in [0.29, 0.717) is 16.3 Å². The number of rotatable bonds is 3. The van der Waals surface area contributed by atoms with E-state index in [-0.39, 0.29) is 5.57 Å². The molecule has 0 aliphatic carbocycles. The zero-order valence-corrected chi connectivity index (χ0v) is 10.1. The van der Waals surface area contributed by atoms with Crippen LogP contribution in [-0.4, -0.2) is 20.2 Å². The van der Waals surface area contributed by atoms with Gasteiger partial charge in [0.1, 0.15) is 17.4 Å². The first-order valence-corrected chi connectivity index (χ1v) is 5.04. The van der Waals surface area contributed by atoms with Gasteiger partial charge >= 0.3 is 5.97 Å². The van der Waals surface area contributed by atoms with Crippen molar-refractivity contribution in [2.24, 2.45) is 0 Å². The Kier molecular flexibility index (Phi) is 4.56. The van der Waals surface area contributed by atoms with Crippen LogP contribution >= 0.6 is 11.6 Å². The van der Waals surface area contributed by atoms with Crippen LogP contribution in [0.4, 0.5) is 0 Å². The number of nitriles is 1. The van der Waals surface area contributed by atoms with Crippen LogP contribution in [-0.2, 0) is 9.53 Å². The Balaban J connectivity index is 3.22. The highest BCUT2D eigenvalue weighted by molar-refractivity contribution is 6.33. The first-order valence-electron chi connectivity index (χ1n) is 4.66. The maximum atomic E-state index is 11.2. The van der Waals surface area contributed by atoms with Crippen molar-refractivity contribution in [3.8, 4) is 11.8 Å². The molecule has 5 heteroatoms. The van der Waals surface area contributed by atoms with Crippen LogP contribution in [0.5, 0.6) is 5.75 Å². The summed E-state index contributed by atoms with van der Waals surface area (Å²) in [6.45, 7) is 0. The van der Waals surface area contributed by atoms with Crippen molar-refractivity contribution in [1.82, 2.24) is 0 Å². The molecule has 0 fully saturated rings. The number of carbonyl (C=O) groups excluding carboxylic acids is 1. The standard InChI is InChI=1S/C12H10ClNO3/c1-16-10-5-3-4-8(11(10)13)6-9(7-14)12(15)17-2/h3-6H,1-2H3/b9-6+. The summed E-state index contributed by atoms with van der Waals surface area (Å²) in [7, 11) is 2.70. The average Bonchev–Trinajstić information content (AvgIpc) is 2.36. The van der Waals surface area contributed by atoms with Crippen LogP contribution in [0.1, 0.15) is 5.56 Å². The zero-order valence-electron chi connectivity index (χ0n) is 9.36. The summed E-state index contributed by atoms with van der Waals surface area (Å²) in [5.74, 6) is -0.228. The maximum Gasteiger partial charge on any atom is 0.348 e. The normalized spacial score (nSPS) is 10.6. The predicted octanol–water partition coefficient (Wildman–Crippen LogP) is 2.43. The first-order chi connectivity index (χ1) is 8.13. The molecule has 0 spiro atoms. The summed E-state index contributed by atoms with van der Waals surface area (Å²) in [5.41, 5.74) is 0.399. The molecule has 0 atom stereocenters. The Bertz CT molecular complexity index is 503. The number of nitrogens with zero attached hydrogens (tertiary/aromatic N) is 1. The molecule has 1 rings (SSSR count). The fraction of sp³-hybridized carbons (Fsp3) is 0.167. The van der Waals surface area contributed by atoms with E-state index in [4.69, 9.17) is 21.6 Å². The van der Waals surface area contributed by atoms with Crippen molar-refractivity contribution in [3.63, 3.8) is 0 Å². The quantitative estimate of drug-likeness (QED) is 0.470. The second-order valence-electron chi connectivity index (χ2n) is 3.02. The number of ether oxygens (including phenoxy) is 2. The molecule has 0 saturated heterocycles. The van der Waals surface area contributed by atoms with E-state index in [2.05, 4.69) is 4.74 Å². The van der Waals surface area contributed by atoms with E-state index in [1.807, 2.05) is 0 Å². The minimum atomic E-state index is -0.702. The van der Waals surface area contributed by atoms with Crippen LogP contribution in [0.15, 0.2) is 23.8 Å². The molecular formula is C12H10ClNO3. The summed E-state index contributed by atoms with van der Waals surface area (Å²) >= 11 is 6.03.